The number of unbranched alkanes of at least 4 members (excludes halogenated alkanes) is 24. The van der Waals surface area contributed by atoms with E-state index in [4.69, 9.17) is 18.5 Å². The zero-order valence-electron chi connectivity index (χ0n) is 36.1. The molecule has 0 fully saturated rings. The molecule has 0 aromatic heterocycles. The van der Waals surface area contributed by atoms with E-state index in [1.165, 1.54) is 116 Å². The lowest BCUT2D eigenvalue weighted by Gasteiger charge is -2.20. The zero-order chi connectivity index (χ0) is 40.5. The maximum atomic E-state index is 12.7. The van der Waals surface area contributed by atoms with Gasteiger partial charge in [-0.25, -0.2) is 4.57 Å². The van der Waals surface area contributed by atoms with Crippen molar-refractivity contribution in [3.8, 4) is 0 Å². The number of carbonyl (C=O) groups excluding carboxylic acids is 2. The van der Waals surface area contributed by atoms with Gasteiger partial charge in [0, 0.05) is 19.4 Å². The summed E-state index contributed by atoms with van der Waals surface area (Å²) in [6, 6.07) is 0. The van der Waals surface area contributed by atoms with Crippen LogP contribution in [0.3, 0.4) is 0 Å². The van der Waals surface area contributed by atoms with Gasteiger partial charge in [0.25, 0.3) is 0 Å². The molecule has 0 saturated carbocycles. The number of hydrogen-bond acceptors (Lipinski definition) is 8. The summed E-state index contributed by atoms with van der Waals surface area (Å²) in [5.41, 5.74) is 0. The van der Waals surface area contributed by atoms with E-state index in [1.807, 2.05) is 19.0 Å². The van der Waals surface area contributed by atoms with Gasteiger partial charge in [-0.1, -0.05) is 173 Å². The van der Waals surface area contributed by atoms with Crippen molar-refractivity contribution >= 4 is 19.8 Å². The standard InChI is InChI=1S/C45H86NO8P/c1-5-7-9-11-13-15-17-19-21-22-24-26-28-30-32-34-36-38-45(48)54-43(42-53-55(49,50)52-40-39-46(3)4)41-51-44(47)37-35-33-31-29-27-25-23-20-18-16-14-12-10-8-6-2/h14,16,20,23,43H,5-13,15,17-19,21-22,24-42H2,1-4H3,(H,49,50)/b16-14-,23-20-. The normalized spacial score (nSPS) is 13.6. The Balaban J connectivity index is 4.26. The predicted octanol–water partition coefficient (Wildman–Crippen LogP) is 13.0. The predicted molar refractivity (Wildman–Crippen MR) is 229 cm³/mol. The molecule has 324 valence electrons. The van der Waals surface area contributed by atoms with Gasteiger partial charge in [-0.15, -0.1) is 0 Å². The Labute approximate surface area is 338 Å². The summed E-state index contributed by atoms with van der Waals surface area (Å²) in [5, 5.41) is 0. The van der Waals surface area contributed by atoms with Crippen LogP contribution in [0.5, 0.6) is 0 Å². The van der Waals surface area contributed by atoms with Crippen molar-refractivity contribution in [2.45, 2.75) is 213 Å². The molecule has 0 spiro atoms. The molecule has 0 aromatic rings. The van der Waals surface area contributed by atoms with Gasteiger partial charge in [-0.3, -0.25) is 18.6 Å². The molecule has 0 saturated heterocycles. The first-order valence-electron chi connectivity index (χ1n) is 22.6. The molecule has 0 heterocycles. The van der Waals surface area contributed by atoms with Crippen LogP contribution in [0.4, 0.5) is 0 Å². The quantitative estimate of drug-likeness (QED) is 0.0279. The zero-order valence-corrected chi connectivity index (χ0v) is 37.0. The first kappa shape index (κ1) is 53.5. The largest absolute Gasteiger partial charge is 0.472 e. The number of esters is 2. The third-order valence-corrected chi connectivity index (χ3v) is 10.7. The van der Waals surface area contributed by atoms with Crippen molar-refractivity contribution in [1.82, 2.24) is 4.90 Å². The van der Waals surface area contributed by atoms with Crippen LogP contribution in [-0.4, -0.2) is 68.3 Å². The second kappa shape index (κ2) is 40.7. The number of ether oxygens (including phenoxy) is 2. The molecule has 2 atom stereocenters. The number of carbonyl (C=O) groups is 2. The highest BCUT2D eigenvalue weighted by Gasteiger charge is 2.26. The Kier molecular flexibility index (Phi) is 39.6. The van der Waals surface area contributed by atoms with Crippen molar-refractivity contribution in [1.29, 1.82) is 0 Å². The summed E-state index contributed by atoms with van der Waals surface area (Å²) < 4.78 is 33.5. The third kappa shape index (κ3) is 41.9. The van der Waals surface area contributed by atoms with E-state index in [0.717, 1.165) is 57.8 Å². The molecule has 0 radical (unpaired) electrons. The van der Waals surface area contributed by atoms with Gasteiger partial charge in [0.2, 0.25) is 0 Å². The number of phosphoric ester groups is 1. The summed E-state index contributed by atoms with van der Waals surface area (Å²) in [5.74, 6) is -0.810. The van der Waals surface area contributed by atoms with Gasteiger partial charge in [0.05, 0.1) is 13.2 Å². The number of phosphoric acid groups is 1. The molecule has 2 unspecified atom stereocenters. The Hall–Kier alpha value is -1.51. The Morgan fingerprint density at radius 1 is 0.564 bits per heavy atom. The number of hydrogen-bond donors (Lipinski definition) is 1. The van der Waals surface area contributed by atoms with Gasteiger partial charge < -0.3 is 19.3 Å². The van der Waals surface area contributed by atoms with Crippen molar-refractivity contribution in [3.05, 3.63) is 24.3 Å². The van der Waals surface area contributed by atoms with E-state index >= 15 is 0 Å². The minimum Gasteiger partial charge on any atom is -0.462 e. The highest BCUT2D eigenvalue weighted by atomic mass is 31.2. The van der Waals surface area contributed by atoms with E-state index < -0.39 is 26.5 Å². The van der Waals surface area contributed by atoms with Gasteiger partial charge >= 0.3 is 19.8 Å². The summed E-state index contributed by atoms with van der Waals surface area (Å²) in [6.07, 6.45) is 42.2. The highest BCUT2D eigenvalue weighted by molar-refractivity contribution is 7.47. The molecule has 0 aromatic carbocycles. The summed E-state index contributed by atoms with van der Waals surface area (Å²) in [4.78, 5) is 37.0. The van der Waals surface area contributed by atoms with Crippen molar-refractivity contribution in [3.63, 3.8) is 0 Å². The monoisotopic (exact) mass is 800 g/mol. The van der Waals surface area contributed by atoms with Crippen molar-refractivity contribution < 1.29 is 37.6 Å². The Bertz CT molecular complexity index is 973. The first-order chi connectivity index (χ1) is 26.7. The Morgan fingerprint density at radius 2 is 0.982 bits per heavy atom. The molecule has 0 rings (SSSR count). The fourth-order valence-corrected chi connectivity index (χ4v) is 6.99. The lowest BCUT2D eigenvalue weighted by molar-refractivity contribution is -0.161. The van der Waals surface area contributed by atoms with E-state index in [0.29, 0.717) is 13.0 Å². The van der Waals surface area contributed by atoms with Crippen LogP contribution in [0.15, 0.2) is 24.3 Å². The van der Waals surface area contributed by atoms with Gasteiger partial charge in [0.1, 0.15) is 6.61 Å². The molecular formula is C45H86NO8P. The summed E-state index contributed by atoms with van der Waals surface area (Å²) >= 11 is 0. The molecule has 0 amide bonds. The molecule has 9 nitrogen and oxygen atoms in total. The third-order valence-electron chi connectivity index (χ3n) is 9.76. The average Bonchev–Trinajstić information content (AvgIpc) is 3.15. The van der Waals surface area contributed by atoms with Gasteiger partial charge in [-0.2, -0.15) is 0 Å². The van der Waals surface area contributed by atoms with Crippen LogP contribution >= 0.6 is 7.82 Å². The van der Waals surface area contributed by atoms with Crippen LogP contribution in [0, 0.1) is 0 Å². The lowest BCUT2D eigenvalue weighted by atomic mass is 10.0. The van der Waals surface area contributed by atoms with Crippen LogP contribution in [0.1, 0.15) is 206 Å². The number of rotatable bonds is 42. The smallest absolute Gasteiger partial charge is 0.462 e. The number of likely N-dealkylation sites (N-methyl/N-ethyl adjacent to an activating group) is 1. The highest BCUT2D eigenvalue weighted by Crippen LogP contribution is 2.43. The lowest BCUT2D eigenvalue weighted by Crippen LogP contribution is -2.29. The fourth-order valence-electron chi connectivity index (χ4n) is 6.25. The van der Waals surface area contributed by atoms with Crippen molar-refractivity contribution in [2.75, 3.05) is 40.5 Å². The minimum absolute atomic E-state index is 0.00702. The van der Waals surface area contributed by atoms with E-state index in [2.05, 4.69) is 38.2 Å². The maximum absolute atomic E-state index is 12.7. The first-order valence-corrected chi connectivity index (χ1v) is 24.1. The minimum atomic E-state index is -4.36. The molecular weight excluding hydrogens is 713 g/mol. The molecule has 0 aliphatic heterocycles. The second-order valence-corrected chi connectivity index (χ2v) is 17.0. The summed E-state index contributed by atoms with van der Waals surface area (Å²) in [7, 11) is -0.711. The fraction of sp³-hybridized carbons (Fsp3) is 0.867. The van der Waals surface area contributed by atoms with Crippen LogP contribution < -0.4 is 0 Å². The molecule has 0 bridgehead atoms. The topological polar surface area (TPSA) is 112 Å². The maximum Gasteiger partial charge on any atom is 0.472 e. The molecule has 1 N–H and O–H groups in total. The number of allylic oxidation sites excluding steroid dienone is 4. The molecule has 0 aliphatic rings. The molecule has 55 heavy (non-hydrogen) atoms. The van der Waals surface area contributed by atoms with Crippen molar-refractivity contribution in [2.24, 2.45) is 0 Å². The summed E-state index contributed by atoms with van der Waals surface area (Å²) in [6.45, 7) is 4.30. The molecule has 10 heteroatoms. The average molecular weight is 800 g/mol. The van der Waals surface area contributed by atoms with E-state index in [-0.39, 0.29) is 32.0 Å². The van der Waals surface area contributed by atoms with Crippen LogP contribution in [-0.2, 0) is 32.7 Å². The number of nitrogens with zero attached hydrogens (tertiary/aromatic N) is 1. The van der Waals surface area contributed by atoms with Gasteiger partial charge in [-0.05, 0) is 59.0 Å². The van der Waals surface area contributed by atoms with E-state index in [9.17, 15) is 19.0 Å². The SMILES string of the molecule is CCCCC/C=C\C/C=C\CCCCCCCC(=O)OCC(COP(=O)(O)OCCN(C)C)OC(=O)CCCCCCCCCCCCCCCCCCC. The second-order valence-electron chi connectivity index (χ2n) is 15.6. The van der Waals surface area contributed by atoms with E-state index in [1.54, 1.807) is 0 Å². The van der Waals surface area contributed by atoms with Gasteiger partial charge in [0.15, 0.2) is 6.10 Å². The molecule has 0 aliphatic carbocycles. The van der Waals surface area contributed by atoms with Crippen LogP contribution in [0.2, 0.25) is 0 Å². The Morgan fingerprint density at radius 3 is 1.47 bits per heavy atom. The van der Waals surface area contributed by atoms with Crippen LogP contribution in [0.25, 0.3) is 0 Å².